The van der Waals surface area contributed by atoms with E-state index in [2.05, 4.69) is 11.9 Å². The van der Waals surface area contributed by atoms with Gasteiger partial charge in [-0.05, 0) is 61.4 Å². The summed E-state index contributed by atoms with van der Waals surface area (Å²) in [5, 5.41) is 25.2. The zero-order valence-electron chi connectivity index (χ0n) is 17.7. The van der Waals surface area contributed by atoms with E-state index in [0.717, 1.165) is 59.1 Å². The number of allylic oxidation sites excluding steroid dienone is 1. The minimum absolute atomic E-state index is 0.203. The molecule has 0 bridgehead atoms. The Hall–Kier alpha value is -2.21. The molecule has 7 heteroatoms. The molecule has 0 saturated heterocycles. The van der Waals surface area contributed by atoms with Gasteiger partial charge in [0.25, 0.3) is 0 Å². The van der Waals surface area contributed by atoms with Crippen molar-refractivity contribution in [2.45, 2.75) is 32.1 Å². The molecule has 4 rings (SSSR count). The largest absolute Gasteiger partial charge is 0.513 e. The molecule has 1 aliphatic rings. The number of aliphatic hydroxyl groups is 1. The average molecular weight is 489 g/mol. The van der Waals surface area contributed by atoms with Crippen molar-refractivity contribution in [2.24, 2.45) is 11.8 Å². The number of thiazole rings is 1. The smallest absolute Gasteiger partial charge is 0.183 e. The summed E-state index contributed by atoms with van der Waals surface area (Å²) in [7, 11) is 0. The third-order valence-electron chi connectivity index (χ3n) is 6.08. The van der Waals surface area contributed by atoms with Crippen molar-refractivity contribution < 1.29 is 10.2 Å². The van der Waals surface area contributed by atoms with E-state index in [-0.39, 0.29) is 11.7 Å². The van der Waals surface area contributed by atoms with Gasteiger partial charge in [0.1, 0.15) is 5.75 Å². The maximum absolute atomic E-state index is 9.98. The Morgan fingerprint density at radius 1 is 1.09 bits per heavy atom. The van der Waals surface area contributed by atoms with E-state index in [9.17, 15) is 10.2 Å². The first kappa shape index (κ1) is 23.0. The van der Waals surface area contributed by atoms with Gasteiger partial charge < -0.3 is 15.5 Å². The molecule has 2 aromatic carbocycles. The lowest BCUT2D eigenvalue weighted by Gasteiger charge is -2.27. The molecular formula is C25H26Cl2N2O2S. The van der Waals surface area contributed by atoms with Crippen molar-refractivity contribution in [3.8, 4) is 17.0 Å². The van der Waals surface area contributed by atoms with E-state index in [1.165, 1.54) is 0 Å². The van der Waals surface area contributed by atoms with Gasteiger partial charge in [0, 0.05) is 39.4 Å². The fraction of sp³-hybridized carbons (Fsp3) is 0.320. The second-order valence-corrected chi connectivity index (χ2v) is 10.2. The summed E-state index contributed by atoms with van der Waals surface area (Å²) in [5.41, 5.74) is 2.55. The summed E-state index contributed by atoms with van der Waals surface area (Å²) in [6, 6.07) is 12.7. The first-order chi connectivity index (χ1) is 15.4. The van der Waals surface area contributed by atoms with Gasteiger partial charge in [-0.1, -0.05) is 48.0 Å². The van der Waals surface area contributed by atoms with Crippen LogP contribution in [0.4, 0.5) is 5.13 Å². The van der Waals surface area contributed by atoms with Crippen LogP contribution in [0.25, 0.3) is 11.3 Å². The highest BCUT2D eigenvalue weighted by atomic mass is 35.5. The molecule has 0 spiro atoms. The molecule has 0 atom stereocenters. The third-order valence-corrected chi connectivity index (χ3v) is 7.80. The molecule has 3 N–H and O–H groups in total. The highest BCUT2D eigenvalue weighted by Crippen LogP contribution is 2.38. The number of aliphatic hydroxyl groups excluding tert-OH is 1. The topological polar surface area (TPSA) is 65.4 Å². The van der Waals surface area contributed by atoms with Crippen LogP contribution >= 0.6 is 34.5 Å². The van der Waals surface area contributed by atoms with Crippen molar-refractivity contribution in [1.29, 1.82) is 0 Å². The Kier molecular flexibility index (Phi) is 7.29. The van der Waals surface area contributed by atoms with E-state index >= 15 is 0 Å². The Bertz CT molecular complexity index is 1090. The fourth-order valence-electron chi connectivity index (χ4n) is 4.22. The first-order valence-corrected chi connectivity index (χ1v) is 12.3. The van der Waals surface area contributed by atoms with Gasteiger partial charge in [0.05, 0.1) is 11.5 Å². The molecule has 0 aliphatic heterocycles. The lowest BCUT2D eigenvalue weighted by atomic mass is 9.81. The van der Waals surface area contributed by atoms with Crippen molar-refractivity contribution >= 4 is 39.7 Å². The zero-order chi connectivity index (χ0) is 22.7. The zero-order valence-corrected chi connectivity index (χ0v) is 20.0. The van der Waals surface area contributed by atoms with Gasteiger partial charge in [0.2, 0.25) is 0 Å². The van der Waals surface area contributed by atoms with Gasteiger partial charge in [-0.15, -0.1) is 11.3 Å². The molecule has 168 valence electrons. The molecule has 0 unspecified atom stereocenters. The van der Waals surface area contributed by atoms with E-state index < -0.39 is 0 Å². The Morgan fingerprint density at radius 3 is 2.44 bits per heavy atom. The maximum Gasteiger partial charge on any atom is 0.183 e. The van der Waals surface area contributed by atoms with Crippen LogP contribution in [-0.4, -0.2) is 21.7 Å². The summed E-state index contributed by atoms with van der Waals surface area (Å²) in [6.07, 6.45) is 4.63. The number of phenols is 1. The predicted molar refractivity (Wildman–Crippen MR) is 134 cm³/mol. The molecule has 0 amide bonds. The van der Waals surface area contributed by atoms with Gasteiger partial charge in [0.15, 0.2) is 5.13 Å². The normalized spacial score (nSPS) is 18.4. The number of aromatic hydroxyl groups is 1. The number of phenolic OH excluding ortho intramolecular Hbond substituents is 1. The highest BCUT2D eigenvalue weighted by molar-refractivity contribution is 7.16. The summed E-state index contributed by atoms with van der Waals surface area (Å²) >= 11 is 14.4. The standard InChI is InChI=1S/C25H26Cl2N2O2S/c1-15(30)17-10-8-16(9-11-17)14-28-25-29-24(18-4-2-5-19(31)12-18)23(32-25)13-20-21(26)6-3-7-22(20)27/h2-7,12,16-17,30-31H,1,8-11,13-14H2,(H,28,29). The molecular weight excluding hydrogens is 463 g/mol. The Morgan fingerprint density at radius 2 is 1.78 bits per heavy atom. The van der Waals surface area contributed by atoms with Gasteiger partial charge >= 0.3 is 0 Å². The van der Waals surface area contributed by atoms with E-state index in [1.807, 2.05) is 30.3 Å². The molecule has 4 nitrogen and oxygen atoms in total. The fourth-order valence-corrected chi connectivity index (χ4v) is 5.75. The molecule has 1 saturated carbocycles. The number of hydrogen-bond acceptors (Lipinski definition) is 5. The van der Waals surface area contributed by atoms with Gasteiger partial charge in [-0.3, -0.25) is 0 Å². The Labute approximate surface area is 202 Å². The van der Waals surface area contributed by atoms with Crippen LogP contribution in [0.15, 0.2) is 54.8 Å². The summed E-state index contributed by atoms with van der Waals surface area (Å²) in [6.45, 7) is 4.52. The minimum atomic E-state index is 0.203. The first-order valence-electron chi connectivity index (χ1n) is 10.7. The van der Waals surface area contributed by atoms with Crippen molar-refractivity contribution in [3.63, 3.8) is 0 Å². The van der Waals surface area contributed by atoms with E-state index in [0.29, 0.717) is 28.1 Å². The molecule has 32 heavy (non-hydrogen) atoms. The predicted octanol–water partition coefficient (Wildman–Crippen LogP) is 7.70. The monoisotopic (exact) mass is 488 g/mol. The van der Waals surface area contributed by atoms with Crippen LogP contribution < -0.4 is 5.32 Å². The quantitative estimate of drug-likeness (QED) is 0.298. The second-order valence-electron chi connectivity index (χ2n) is 8.31. The Balaban J connectivity index is 1.55. The number of rotatable bonds is 7. The van der Waals surface area contributed by atoms with Crippen LogP contribution in [0, 0.1) is 11.8 Å². The number of aromatic nitrogens is 1. The summed E-state index contributed by atoms with van der Waals surface area (Å²) in [5.74, 6) is 1.29. The number of hydrogen-bond donors (Lipinski definition) is 3. The SMILES string of the molecule is C=C(O)C1CCC(CNc2nc(-c3cccc(O)c3)c(Cc3c(Cl)cccc3Cl)s2)CC1. The number of benzene rings is 2. The van der Waals surface area contributed by atoms with E-state index in [1.54, 1.807) is 23.5 Å². The molecule has 3 aromatic rings. The summed E-state index contributed by atoms with van der Waals surface area (Å²) < 4.78 is 0. The van der Waals surface area contributed by atoms with E-state index in [4.69, 9.17) is 28.2 Å². The highest BCUT2D eigenvalue weighted by Gasteiger charge is 2.23. The second kappa shape index (κ2) is 10.2. The number of anilines is 1. The minimum Gasteiger partial charge on any atom is -0.513 e. The molecule has 1 heterocycles. The molecule has 1 aromatic heterocycles. The maximum atomic E-state index is 9.98. The van der Waals surface area contributed by atoms with Crippen LogP contribution in [0.2, 0.25) is 10.0 Å². The summed E-state index contributed by atoms with van der Waals surface area (Å²) in [4.78, 5) is 5.90. The van der Waals surface area contributed by atoms with Gasteiger partial charge in [-0.2, -0.15) is 0 Å². The van der Waals surface area contributed by atoms with Crippen LogP contribution in [-0.2, 0) is 6.42 Å². The number of nitrogens with zero attached hydrogens (tertiary/aromatic N) is 1. The lowest BCUT2D eigenvalue weighted by molar-refractivity contribution is 0.242. The van der Waals surface area contributed by atoms with Gasteiger partial charge in [-0.25, -0.2) is 4.98 Å². The van der Waals surface area contributed by atoms with Crippen LogP contribution in [0.1, 0.15) is 36.1 Å². The van der Waals surface area contributed by atoms with Crippen molar-refractivity contribution in [2.75, 3.05) is 11.9 Å². The average Bonchev–Trinajstić information content (AvgIpc) is 3.18. The van der Waals surface area contributed by atoms with Crippen molar-refractivity contribution in [3.05, 3.63) is 75.3 Å². The number of nitrogens with one attached hydrogen (secondary N) is 1. The molecule has 1 fully saturated rings. The molecule has 0 radical (unpaired) electrons. The molecule has 1 aliphatic carbocycles. The lowest BCUT2D eigenvalue weighted by Crippen LogP contribution is -2.21. The third kappa shape index (κ3) is 5.40. The number of halogens is 2. The van der Waals surface area contributed by atoms with Crippen LogP contribution in [0.3, 0.4) is 0 Å². The van der Waals surface area contributed by atoms with Crippen LogP contribution in [0.5, 0.6) is 5.75 Å². The van der Waals surface area contributed by atoms with Crippen molar-refractivity contribution in [1.82, 2.24) is 4.98 Å².